The number of anilines is 2. The highest BCUT2D eigenvalue weighted by Crippen LogP contribution is 2.34. The van der Waals surface area contributed by atoms with Gasteiger partial charge < -0.3 is 29.2 Å². The fraction of sp³-hybridized carbons (Fsp3) is 0.214. The molecule has 0 radical (unpaired) electrons. The molecule has 0 saturated heterocycles. The Hall–Kier alpha value is -4.46. The summed E-state index contributed by atoms with van der Waals surface area (Å²) in [7, 11) is 1.57. The van der Waals surface area contributed by atoms with Crippen LogP contribution in [0.2, 0.25) is 0 Å². The number of carbonyl (C=O) groups is 2. The van der Waals surface area contributed by atoms with Crippen LogP contribution in [0.5, 0.6) is 23.0 Å². The maximum absolute atomic E-state index is 12.5. The monoisotopic (exact) mass is 488 g/mol. The number of para-hydroxylation sites is 1. The van der Waals surface area contributed by atoms with Crippen molar-refractivity contribution in [1.82, 2.24) is 0 Å². The molecule has 36 heavy (non-hydrogen) atoms. The van der Waals surface area contributed by atoms with Crippen LogP contribution >= 0.6 is 0 Å². The first-order chi connectivity index (χ1) is 17.6. The Morgan fingerprint density at radius 2 is 1.89 bits per heavy atom. The van der Waals surface area contributed by atoms with E-state index in [4.69, 9.17) is 18.9 Å². The van der Waals surface area contributed by atoms with Crippen molar-refractivity contribution in [1.29, 1.82) is 0 Å². The predicted molar refractivity (Wildman–Crippen MR) is 138 cm³/mol. The average Bonchev–Trinajstić information content (AvgIpc) is 2.90. The van der Waals surface area contributed by atoms with Crippen LogP contribution in [0.3, 0.4) is 0 Å². The van der Waals surface area contributed by atoms with Gasteiger partial charge in [-0.3, -0.25) is 9.59 Å². The summed E-state index contributed by atoms with van der Waals surface area (Å²) in [6.07, 6.45) is 3.13. The number of amides is 2. The van der Waals surface area contributed by atoms with Gasteiger partial charge in [0.15, 0.2) is 18.1 Å². The van der Waals surface area contributed by atoms with E-state index < -0.39 is 0 Å². The molecule has 2 amide bonds. The van der Waals surface area contributed by atoms with Crippen LogP contribution in [-0.4, -0.2) is 45.3 Å². The molecule has 8 nitrogen and oxygen atoms in total. The van der Waals surface area contributed by atoms with Gasteiger partial charge in [-0.25, -0.2) is 0 Å². The molecule has 0 aliphatic carbocycles. The second kappa shape index (κ2) is 11.8. The summed E-state index contributed by atoms with van der Waals surface area (Å²) in [6.45, 7) is 3.08. The van der Waals surface area contributed by atoms with E-state index in [9.17, 15) is 9.59 Å². The Morgan fingerprint density at radius 3 is 2.67 bits per heavy atom. The van der Waals surface area contributed by atoms with Gasteiger partial charge in [-0.15, -0.1) is 0 Å². The molecule has 0 bridgehead atoms. The van der Waals surface area contributed by atoms with Crippen LogP contribution < -0.4 is 29.2 Å². The van der Waals surface area contributed by atoms with E-state index in [-0.39, 0.29) is 18.4 Å². The normalized spacial score (nSPS) is 12.6. The summed E-state index contributed by atoms with van der Waals surface area (Å²) in [6, 6.07) is 20.1. The molecule has 1 heterocycles. The lowest BCUT2D eigenvalue weighted by molar-refractivity contribution is -0.121. The van der Waals surface area contributed by atoms with Crippen LogP contribution in [0.25, 0.3) is 6.08 Å². The summed E-state index contributed by atoms with van der Waals surface area (Å²) < 4.78 is 22.2. The van der Waals surface area contributed by atoms with Crippen molar-refractivity contribution in [3.63, 3.8) is 0 Å². The first kappa shape index (κ1) is 24.7. The molecule has 0 saturated carbocycles. The molecule has 0 fully saturated rings. The molecular weight excluding hydrogens is 460 g/mol. The topological polar surface area (TPSA) is 86.3 Å². The van der Waals surface area contributed by atoms with Crippen molar-refractivity contribution >= 4 is 29.3 Å². The Kier molecular flexibility index (Phi) is 8.08. The summed E-state index contributed by atoms with van der Waals surface area (Å²) in [4.78, 5) is 26.6. The number of nitrogens with one attached hydrogen (secondary N) is 1. The van der Waals surface area contributed by atoms with Crippen molar-refractivity contribution in [2.45, 2.75) is 6.92 Å². The standard InChI is InChI=1S/C28H28N2O6/c1-3-34-24-13-9-20(17-26(24)33-2)10-14-27(31)29-21-11-12-23-25(18-21)36-19-28(32)30(23)15-16-35-22-7-5-4-6-8-22/h4-14,17-18H,3,15-16,19H2,1-2H3,(H,29,31)/b14-10+. The van der Waals surface area contributed by atoms with E-state index in [2.05, 4.69) is 5.32 Å². The van der Waals surface area contributed by atoms with E-state index in [1.165, 1.54) is 6.08 Å². The number of ether oxygens (including phenoxy) is 4. The molecule has 0 spiro atoms. The maximum atomic E-state index is 12.5. The third-order valence-corrected chi connectivity index (χ3v) is 5.41. The molecule has 0 unspecified atom stereocenters. The third kappa shape index (κ3) is 6.15. The Bertz CT molecular complexity index is 1240. The highest BCUT2D eigenvalue weighted by atomic mass is 16.5. The van der Waals surface area contributed by atoms with Gasteiger partial charge >= 0.3 is 0 Å². The number of hydrogen-bond acceptors (Lipinski definition) is 6. The molecule has 3 aromatic carbocycles. The molecule has 0 aromatic heterocycles. The van der Waals surface area contributed by atoms with Crippen molar-refractivity contribution in [2.24, 2.45) is 0 Å². The lowest BCUT2D eigenvalue weighted by Gasteiger charge is -2.29. The van der Waals surface area contributed by atoms with Gasteiger partial charge in [0.25, 0.3) is 5.91 Å². The first-order valence-electron chi connectivity index (χ1n) is 11.6. The fourth-order valence-electron chi connectivity index (χ4n) is 3.72. The molecular formula is C28H28N2O6. The molecule has 0 atom stereocenters. The number of nitrogens with zero attached hydrogens (tertiary/aromatic N) is 1. The van der Waals surface area contributed by atoms with Gasteiger partial charge in [-0.05, 0) is 55.0 Å². The number of rotatable bonds is 10. The van der Waals surface area contributed by atoms with Gasteiger partial charge in [0, 0.05) is 17.8 Å². The Balaban J connectivity index is 1.38. The van der Waals surface area contributed by atoms with Gasteiger partial charge in [0.2, 0.25) is 5.91 Å². The van der Waals surface area contributed by atoms with Crippen LogP contribution in [-0.2, 0) is 9.59 Å². The van der Waals surface area contributed by atoms with Crippen LogP contribution in [0.4, 0.5) is 11.4 Å². The number of hydrogen-bond donors (Lipinski definition) is 1. The van der Waals surface area contributed by atoms with E-state index in [1.54, 1.807) is 48.4 Å². The lowest BCUT2D eigenvalue weighted by Crippen LogP contribution is -2.41. The van der Waals surface area contributed by atoms with Crippen LogP contribution in [0, 0.1) is 0 Å². The number of methoxy groups -OCH3 is 1. The van der Waals surface area contributed by atoms with Crippen LogP contribution in [0.1, 0.15) is 12.5 Å². The quantitative estimate of drug-likeness (QED) is 0.422. The summed E-state index contributed by atoms with van der Waals surface area (Å²) in [5.74, 6) is 2.06. The van der Waals surface area contributed by atoms with Crippen molar-refractivity contribution in [3.8, 4) is 23.0 Å². The minimum Gasteiger partial charge on any atom is -0.493 e. The van der Waals surface area contributed by atoms with E-state index in [0.717, 1.165) is 11.3 Å². The van der Waals surface area contributed by atoms with Crippen molar-refractivity contribution in [2.75, 3.05) is 43.7 Å². The average molecular weight is 489 g/mol. The molecule has 8 heteroatoms. The fourth-order valence-corrected chi connectivity index (χ4v) is 3.72. The largest absolute Gasteiger partial charge is 0.493 e. The summed E-state index contributed by atoms with van der Waals surface area (Å²) in [5, 5.41) is 2.82. The second-order valence-electron chi connectivity index (χ2n) is 7.84. The number of benzene rings is 3. The molecule has 1 aliphatic rings. The van der Waals surface area contributed by atoms with Gasteiger partial charge in [0.05, 0.1) is 25.9 Å². The highest BCUT2D eigenvalue weighted by molar-refractivity contribution is 6.03. The van der Waals surface area contributed by atoms with E-state index in [1.807, 2.05) is 43.3 Å². The molecule has 1 aliphatic heterocycles. The smallest absolute Gasteiger partial charge is 0.265 e. The van der Waals surface area contributed by atoms with Gasteiger partial charge in [-0.2, -0.15) is 0 Å². The maximum Gasteiger partial charge on any atom is 0.265 e. The van der Waals surface area contributed by atoms with Crippen LogP contribution in [0.15, 0.2) is 72.8 Å². The Morgan fingerprint density at radius 1 is 1.06 bits per heavy atom. The summed E-state index contributed by atoms with van der Waals surface area (Å²) in [5.41, 5.74) is 1.99. The predicted octanol–water partition coefficient (Wildman–Crippen LogP) is 4.55. The molecule has 186 valence electrons. The lowest BCUT2D eigenvalue weighted by atomic mass is 10.2. The van der Waals surface area contributed by atoms with Crippen molar-refractivity contribution < 1.29 is 28.5 Å². The minimum absolute atomic E-state index is 0.0742. The van der Waals surface area contributed by atoms with E-state index in [0.29, 0.717) is 48.4 Å². The molecule has 4 rings (SSSR count). The van der Waals surface area contributed by atoms with Gasteiger partial charge in [-0.1, -0.05) is 24.3 Å². The second-order valence-corrected chi connectivity index (χ2v) is 7.84. The zero-order valence-corrected chi connectivity index (χ0v) is 20.2. The first-order valence-corrected chi connectivity index (χ1v) is 11.6. The molecule has 3 aromatic rings. The Labute approximate surface area is 210 Å². The number of carbonyl (C=O) groups excluding carboxylic acids is 2. The zero-order chi connectivity index (χ0) is 25.3. The minimum atomic E-state index is -0.303. The number of fused-ring (bicyclic) bond motifs is 1. The van der Waals surface area contributed by atoms with Crippen molar-refractivity contribution in [3.05, 3.63) is 78.4 Å². The van der Waals surface area contributed by atoms with Gasteiger partial charge in [0.1, 0.15) is 18.1 Å². The summed E-state index contributed by atoms with van der Waals surface area (Å²) >= 11 is 0. The third-order valence-electron chi connectivity index (χ3n) is 5.41. The molecule has 1 N–H and O–H groups in total. The van der Waals surface area contributed by atoms with E-state index >= 15 is 0 Å². The SMILES string of the molecule is CCOc1ccc(/C=C/C(=O)Nc2ccc3c(c2)OCC(=O)N3CCOc2ccccc2)cc1OC. The highest BCUT2D eigenvalue weighted by Gasteiger charge is 2.25. The zero-order valence-electron chi connectivity index (χ0n) is 20.2.